The van der Waals surface area contributed by atoms with Crippen LogP contribution in [0.4, 0.5) is 5.69 Å². The molecular formula is C17H17NO. The Morgan fingerprint density at radius 1 is 1.11 bits per heavy atom. The van der Waals surface area contributed by atoms with Gasteiger partial charge in [-0.2, -0.15) is 0 Å². The molecule has 0 spiro atoms. The molecule has 1 amide bonds. The largest absolute Gasteiger partial charge is 0.321 e. The van der Waals surface area contributed by atoms with Gasteiger partial charge in [-0.15, -0.1) is 0 Å². The predicted octanol–water partition coefficient (Wildman–Crippen LogP) is 4.28. The average Bonchev–Trinajstić information content (AvgIpc) is 2.41. The van der Waals surface area contributed by atoms with Crippen molar-refractivity contribution in [1.82, 2.24) is 0 Å². The first-order valence-corrected chi connectivity index (χ1v) is 6.21. The second kappa shape index (κ2) is 5.53. The molecule has 0 aliphatic carbocycles. The maximum atomic E-state index is 12.1. The zero-order valence-electron chi connectivity index (χ0n) is 11.2. The summed E-state index contributed by atoms with van der Waals surface area (Å²) in [7, 11) is 0. The Bertz CT molecular complexity index is 614. The second-order valence-corrected chi connectivity index (χ2v) is 4.65. The Labute approximate surface area is 113 Å². The summed E-state index contributed by atoms with van der Waals surface area (Å²) in [6, 6.07) is 15.1. The molecule has 2 aromatic rings. The first-order chi connectivity index (χ1) is 9.08. The summed E-state index contributed by atoms with van der Waals surface area (Å²) in [6.07, 6.45) is 0. The summed E-state index contributed by atoms with van der Waals surface area (Å²) in [5, 5.41) is 2.94. The molecule has 1 N–H and O–H groups in total. The Kier molecular flexibility index (Phi) is 3.81. The number of benzene rings is 2. The second-order valence-electron chi connectivity index (χ2n) is 4.65. The molecule has 0 aliphatic rings. The number of carbonyl (C=O) groups is 1. The van der Waals surface area contributed by atoms with Crippen molar-refractivity contribution in [3.05, 3.63) is 71.8 Å². The third-order valence-electron chi connectivity index (χ3n) is 2.92. The molecule has 0 radical (unpaired) electrons. The van der Waals surface area contributed by atoms with Crippen LogP contribution in [0.1, 0.15) is 28.4 Å². The Morgan fingerprint density at radius 2 is 1.79 bits per heavy atom. The van der Waals surface area contributed by atoms with Crippen molar-refractivity contribution in [1.29, 1.82) is 0 Å². The monoisotopic (exact) mass is 251 g/mol. The fraction of sp³-hybridized carbons (Fsp3) is 0.118. The number of amides is 1. The van der Waals surface area contributed by atoms with E-state index in [0.29, 0.717) is 5.56 Å². The molecule has 0 unspecified atom stereocenters. The molecule has 0 bridgehead atoms. The summed E-state index contributed by atoms with van der Waals surface area (Å²) in [5.41, 5.74) is 4.51. The summed E-state index contributed by atoms with van der Waals surface area (Å²) in [6.45, 7) is 7.92. The molecular weight excluding hydrogens is 234 g/mol. The van der Waals surface area contributed by atoms with Crippen LogP contribution in [0.2, 0.25) is 0 Å². The molecule has 96 valence electrons. The SMILES string of the molecule is C=C(C)c1cc(C)ccc1NC(=O)c1ccccc1. The molecule has 2 nitrogen and oxygen atoms in total. The van der Waals surface area contributed by atoms with Crippen molar-refractivity contribution < 1.29 is 4.79 Å². The standard InChI is InChI=1S/C17H17NO/c1-12(2)15-11-13(3)9-10-16(15)18-17(19)14-7-5-4-6-8-14/h4-11H,1H2,2-3H3,(H,18,19). The lowest BCUT2D eigenvalue weighted by molar-refractivity contribution is 0.102. The van der Waals surface area contributed by atoms with Gasteiger partial charge in [0.25, 0.3) is 5.91 Å². The predicted molar refractivity (Wildman–Crippen MR) is 80.3 cm³/mol. The van der Waals surface area contributed by atoms with Crippen molar-refractivity contribution in [2.45, 2.75) is 13.8 Å². The van der Waals surface area contributed by atoms with Crippen LogP contribution in [0.25, 0.3) is 5.57 Å². The number of hydrogen-bond acceptors (Lipinski definition) is 1. The first-order valence-electron chi connectivity index (χ1n) is 6.21. The Hall–Kier alpha value is -2.35. The van der Waals surface area contributed by atoms with E-state index in [1.165, 1.54) is 0 Å². The third-order valence-corrected chi connectivity index (χ3v) is 2.92. The molecule has 2 aromatic carbocycles. The van der Waals surface area contributed by atoms with Gasteiger partial charge in [-0.1, -0.05) is 36.4 Å². The maximum Gasteiger partial charge on any atom is 0.255 e. The highest BCUT2D eigenvalue weighted by atomic mass is 16.1. The number of nitrogens with one attached hydrogen (secondary N) is 1. The van der Waals surface area contributed by atoms with Gasteiger partial charge in [0.1, 0.15) is 0 Å². The summed E-state index contributed by atoms with van der Waals surface area (Å²) >= 11 is 0. The zero-order valence-corrected chi connectivity index (χ0v) is 11.2. The number of hydrogen-bond donors (Lipinski definition) is 1. The molecule has 2 heteroatoms. The molecule has 0 saturated carbocycles. The Balaban J connectivity index is 2.29. The van der Waals surface area contributed by atoms with E-state index in [2.05, 4.69) is 11.9 Å². The van der Waals surface area contributed by atoms with E-state index in [1.54, 1.807) is 12.1 Å². The van der Waals surface area contributed by atoms with Crippen molar-refractivity contribution in [2.24, 2.45) is 0 Å². The number of allylic oxidation sites excluding steroid dienone is 1. The average molecular weight is 251 g/mol. The number of rotatable bonds is 3. The zero-order chi connectivity index (χ0) is 13.8. The van der Waals surface area contributed by atoms with Crippen molar-refractivity contribution in [3.8, 4) is 0 Å². The van der Waals surface area contributed by atoms with Crippen LogP contribution in [-0.2, 0) is 0 Å². The number of aryl methyl sites for hydroxylation is 1. The number of anilines is 1. The lowest BCUT2D eigenvalue weighted by Gasteiger charge is -2.12. The van der Waals surface area contributed by atoms with Crippen LogP contribution in [0.5, 0.6) is 0 Å². The van der Waals surface area contributed by atoms with Crippen molar-refractivity contribution >= 4 is 17.2 Å². The fourth-order valence-electron chi connectivity index (χ4n) is 1.90. The van der Waals surface area contributed by atoms with E-state index in [9.17, 15) is 4.79 Å². The van der Waals surface area contributed by atoms with Gasteiger partial charge < -0.3 is 5.32 Å². The van der Waals surface area contributed by atoms with Gasteiger partial charge in [-0.25, -0.2) is 0 Å². The summed E-state index contributed by atoms with van der Waals surface area (Å²) < 4.78 is 0. The molecule has 0 fully saturated rings. The third kappa shape index (κ3) is 3.10. The van der Waals surface area contributed by atoms with E-state index in [4.69, 9.17) is 0 Å². The smallest absolute Gasteiger partial charge is 0.255 e. The highest BCUT2D eigenvalue weighted by Gasteiger charge is 2.09. The molecule has 2 rings (SSSR count). The van der Waals surface area contributed by atoms with Crippen LogP contribution in [0, 0.1) is 6.92 Å². The fourth-order valence-corrected chi connectivity index (χ4v) is 1.90. The van der Waals surface area contributed by atoms with Crippen LogP contribution in [0.15, 0.2) is 55.1 Å². The molecule has 0 aliphatic heterocycles. The van der Waals surface area contributed by atoms with Crippen LogP contribution in [0.3, 0.4) is 0 Å². The lowest BCUT2D eigenvalue weighted by atomic mass is 10.0. The minimum Gasteiger partial charge on any atom is -0.321 e. The van der Waals surface area contributed by atoms with Crippen molar-refractivity contribution in [2.75, 3.05) is 5.32 Å². The van der Waals surface area contributed by atoms with Gasteiger partial charge in [-0.05, 0) is 43.7 Å². The topological polar surface area (TPSA) is 29.1 Å². The molecule has 0 aromatic heterocycles. The van der Waals surface area contributed by atoms with E-state index >= 15 is 0 Å². The van der Waals surface area contributed by atoms with Gasteiger partial charge in [-0.3, -0.25) is 4.79 Å². The molecule has 0 saturated heterocycles. The van der Waals surface area contributed by atoms with E-state index in [0.717, 1.165) is 22.4 Å². The quantitative estimate of drug-likeness (QED) is 0.866. The van der Waals surface area contributed by atoms with E-state index in [1.807, 2.05) is 50.2 Å². The lowest BCUT2D eigenvalue weighted by Crippen LogP contribution is -2.12. The van der Waals surface area contributed by atoms with Gasteiger partial charge >= 0.3 is 0 Å². The minimum atomic E-state index is -0.105. The molecule has 0 heterocycles. The van der Waals surface area contributed by atoms with Gasteiger partial charge in [0, 0.05) is 16.8 Å². The van der Waals surface area contributed by atoms with Crippen molar-refractivity contribution in [3.63, 3.8) is 0 Å². The van der Waals surface area contributed by atoms with Crippen LogP contribution in [-0.4, -0.2) is 5.91 Å². The summed E-state index contributed by atoms with van der Waals surface area (Å²) in [4.78, 5) is 12.1. The first kappa shape index (κ1) is 13.1. The van der Waals surface area contributed by atoms with Crippen LogP contribution < -0.4 is 5.32 Å². The normalized spacial score (nSPS) is 10.0. The Morgan fingerprint density at radius 3 is 2.42 bits per heavy atom. The highest BCUT2D eigenvalue weighted by molar-refractivity contribution is 6.05. The van der Waals surface area contributed by atoms with Gasteiger partial charge in [0.05, 0.1) is 0 Å². The van der Waals surface area contributed by atoms with E-state index < -0.39 is 0 Å². The summed E-state index contributed by atoms with van der Waals surface area (Å²) in [5.74, 6) is -0.105. The molecule has 0 atom stereocenters. The van der Waals surface area contributed by atoms with Gasteiger partial charge in [0.2, 0.25) is 0 Å². The van der Waals surface area contributed by atoms with E-state index in [-0.39, 0.29) is 5.91 Å². The van der Waals surface area contributed by atoms with Crippen LogP contribution >= 0.6 is 0 Å². The maximum absolute atomic E-state index is 12.1. The highest BCUT2D eigenvalue weighted by Crippen LogP contribution is 2.24. The minimum absolute atomic E-state index is 0.105. The number of carbonyl (C=O) groups excluding carboxylic acids is 1. The molecule has 19 heavy (non-hydrogen) atoms. The van der Waals surface area contributed by atoms with Gasteiger partial charge in [0.15, 0.2) is 0 Å².